The first-order valence-corrected chi connectivity index (χ1v) is 9.06. The van der Waals surface area contributed by atoms with Crippen molar-refractivity contribution in [2.45, 2.75) is 51.9 Å². The van der Waals surface area contributed by atoms with Crippen LogP contribution < -0.4 is 0 Å². The van der Waals surface area contributed by atoms with Crippen LogP contribution in [0.2, 0.25) is 18.1 Å². The highest BCUT2D eigenvalue weighted by molar-refractivity contribution is 6.74. The molecule has 0 N–H and O–H groups in total. The quantitative estimate of drug-likeness (QED) is 0.435. The molecule has 0 radical (unpaired) electrons. The van der Waals surface area contributed by atoms with Gasteiger partial charge in [-0.3, -0.25) is 0 Å². The third kappa shape index (κ3) is 6.21. The maximum atomic E-state index is 10.7. The van der Waals surface area contributed by atoms with Gasteiger partial charge in [0.25, 0.3) is 0 Å². The molecular formula is C13H26O4Si. The van der Waals surface area contributed by atoms with E-state index in [1.165, 1.54) is 7.11 Å². The van der Waals surface area contributed by atoms with E-state index in [4.69, 9.17) is 9.16 Å². The van der Waals surface area contributed by atoms with E-state index in [2.05, 4.69) is 38.6 Å². The standard InChI is InChI=1S/C13H26O4Si/c1-11(9-8-10-16-12(14)15-5)17-18(6,7)13(2,3)4/h8-9,11H,10H2,1-7H3/b9-8+/t11-/m0/s1. The van der Waals surface area contributed by atoms with E-state index >= 15 is 0 Å². The number of methoxy groups -OCH3 is 1. The number of carbonyl (C=O) groups excluding carboxylic acids is 1. The highest BCUT2D eigenvalue weighted by atomic mass is 28.4. The average Bonchev–Trinajstić information content (AvgIpc) is 2.21. The minimum Gasteiger partial charge on any atom is -0.438 e. The Morgan fingerprint density at radius 2 is 1.89 bits per heavy atom. The van der Waals surface area contributed by atoms with E-state index < -0.39 is 14.5 Å². The molecule has 0 saturated heterocycles. The second-order valence-electron chi connectivity index (χ2n) is 5.78. The van der Waals surface area contributed by atoms with E-state index in [0.29, 0.717) is 0 Å². The topological polar surface area (TPSA) is 44.8 Å². The minimum atomic E-state index is -1.74. The van der Waals surface area contributed by atoms with Gasteiger partial charge in [-0.15, -0.1) is 0 Å². The predicted octanol–water partition coefficient (Wildman–Crippen LogP) is 3.74. The van der Waals surface area contributed by atoms with E-state index in [1.807, 2.05) is 13.0 Å². The van der Waals surface area contributed by atoms with Crippen molar-refractivity contribution >= 4 is 14.5 Å². The van der Waals surface area contributed by atoms with Crippen molar-refractivity contribution in [1.29, 1.82) is 0 Å². The van der Waals surface area contributed by atoms with Crippen LogP contribution in [0.3, 0.4) is 0 Å². The maximum Gasteiger partial charge on any atom is 0.508 e. The molecule has 0 saturated carbocycles. The van der Waals surface area contributed by atoms with Gasteiger partial charge < -0.3 is 13.9 Å². The van der Waals surface area contributed by atoms with Crippen LogP contribution in [0.4, 0.5) is 4.79 Å². The third-order valence-electron chi connectivity index (χ3n) is 3.16. The fourth-order valence-electron chi connectivity index (χ4n) is 1.10. The summed E-state index contributed by atoms with van der Waals surface area (Å²) in [6, 6.07) is 0. The third-order valence-corrected chi connectivity index (χ3v) is 7.73. The van der Waals surface area contributed by atoms with E-state index in [9.17, 15) is 4.79 Å². The Morgan fingerprint density at radius 3 is 2.33 bits per heavy atom. The summed E-state index contributed by atoms with van der Waals surface area (Å²) in [5.74, 6) is 0. The molecule has 0 fully saturated rings. The van der Waals surface area contributed by atoms with Gasteiger partial charge >= 0.3 is 6.16 Å². The van der Waals surface area contributed by atoms with E-state index in [1.54, 1.807) is 6.08 Å². The summed E-state index contributed by atoms with van der Waals surface area (Å²) in [6.45, 7) is 13.2. The van der Waals surface area contributed by atoms with Crippen molar-refractivity contribution in [2.24, 2.45) is 0 Å². The van der Waals surface area contributed by atoms with Crippen LogP contribution >= 0.6 is 0 Å². The average molecular weight is 274 g/mol. The summed E-state index contributed by atoms with van der Waals surface area (Å²) < 4.78 is 15.2. The minimum absolute atomic E-state index is 0.0205. The number of hydrogen-bond acceptors (Lipinski definition) is 4. The molecule has 5 heteroatoms. The Bertz CT molecular complexity index is 292. The largest absolute Gasteiger partial charge is 0.508 e. The van der Waals surface area contributed by atoms with Gasteiger partial charge in [0.2, 0.25) is 0 Å². The molecule has 1 atom stereocenters. The summed E-state index contributed by atoms with van der Waals surface area (Å²) in [6.07, 6.45) is 3.03. The fourth-order valence-corrected chi connectivity index (χ4v) is 2.46. The lowest BCUT2D eigenvalue weighted by Crippen LogP contribution is -2.42. The van der Waals surface area contributed by atoms with Crippen molar-refractivity contribution in [1.82, 2.24) is 0 Å². The van der Waals surface area contributed by atoms with Crippen LogP contribution in [0.1, 0.15) is 27.7 Å². The maximum absolute atomic E-state index is 10.7. The monoisotopic (exact) mass is 274 g/mol. The van der Waals surface area contributed by atoms with Crippen molar-refractivity contribution in [3.8, 4) is 0 Å². The summed E-state index contributed by atoms with van der Waals surface area (Å²) >= 11 is 0. The molecule has 0 rings (SSSR count). The first kappa shape index (κ1) is 17.2. The normalized spacial score (nSPS) is 14.6. The first-order chi connectivity index (χ1) is 8.10. The van der Waals surface area contributed by atoms with Gasteiger partial charge in [-0.1, -0.05) is 26.8 Å². The van der Waals surface area contributed by atoms with Crippen LogP contribution in [0.5, 0.6) is 0 Å². The van der Waals surface area contributed by atoms with Crippen molar-refractivity contribution in [3.63, 3.8) is 0 Å². The number of carbonyl (C=O) groups is 1. The second kappa shape index (κ2) is 6.94. The smallest absolute Gasteiger partial charge is 0.438 e. The van der Waals surface area contributed by atoms with Crippen LogP contribution in [0.15, 0.2) is 12.2 Å². The fraction of sp³-hybridized carbons (Fsp3) is 0.769. The second-order valence-corrected chi connectivity index (χ2v) is 10.5. The Balaban J connectivity index is 4.15. The Morgan fingerprint density at radius 1 is 1.33 bits per heavy atom. The molecule has 0 aliphatic carbocycles. The molecule has 0 aromatic carbocycles. The molecule has 106 valence electrons. The molecule has 0 bridgehead atoms. The number of ether oxygens (including phenoxy) is 2. The number of hydrogen-bond donors (Lipinski definition) is 0. The molecule has 0 aromatic heterocycles. The highest BCUT2D eigenvalue weighted by Crippen LogP contribution is 2.37. The molecule has 0 aliphatic rings. The van der Waals surface area contributed by atoms with Gasteiger partial charge in [-0.25, -0.2) is 4.79 Å². The van der Waals surface area contributed by atoms with Crippen molar-refractivity contribution in [2.75, 3.05) is 13.7 Å². The Hall–Kier alpha value is -0.813. The van der Waals surface area contributed by atoms with Gasteiger partial charge in [-0.05, 0) is 31.1 Å². The van der Waals surface area contributed by atoms with E-state index in [-0.39, 0.29) is 17.7 Å². The SMILES string of the molecule is COC(=O)OC/C=C/[C@H](C)O[Si](C)(C)C(C)(C)C. The molecule has 18 heavy (non-hydrogen) atoms. The Kier molecular flexibility index (Phi) is 6.63. The summed E-state index contributed by atoms with van der Waals surface area (Å²) in [4.78, 5) is 10.7. The molecule has 0 aliphatic heterocycles. The molecule has 0 unspecified atom stereocenters. The van der Waals surface area contributed by atoms with Crippen LogP contribution in [-0.2, 0) is 13.9 Å². The molecule has 0 amide bonds. The first-order valence-electron chi connectivity index (χ1n) is 6.15. The zero-order chi connectivity index (χ0) is 14.4. The molecule has 4 nitrogen and oxygen atoms in total. The lowest BCUT2D eigenvalue weighted by Gasteiger charge is -2.37. The molecular weight excluding hydrogens is 248 g/mol. The van der Waals surface area contributed by atoms with Crippen LogP contribution in [0.25, 0.3) is 0 Å². The van der Waals surface area contributed by atoms with Gasteiger partial charge in [0.05, 0.1) is 13.2 Å². The molecule has 0 aromatic rings. The van der Waals surface area contributed by atoms with Crippen molar-refractivity contribution in [3.05, 3.63) is 12.2 Å². The van der Waals surface area contributed by atoms with Crippen molar-refractivity contribution < 1.29 is 18.7 Å². The lowest BCUT2D eigenvalue weighted by atomic mass is 10.2. The summed E-state index contributed by atoms with van der Waals surface area (Å²) in [7, 11) is -0.454. The zero-order valence-corrected chi connectivity index (χ0v) is 13.6. The van der Waals surface area contributed by atoms with Crippen LogP contribution in [0, 0.1) is 0 Å². The van der Waals surface area contributed by atoms with Gasteiger partial charge in [-0.2, -0.15) is 0 Å². The zero-order valence-electron chi connectivity index (χ0n) is 12.6. The highest BCUT2D eigenvalue weighted by Gasteiger charge is 2.37. The number of rotatable bonds is 5. The molecule has 0 spiro atoms. The Labute approximate surface area is 111 Å². The van der Waals surface area contributed by atoms with E-state index in [0.717, 1.165) is 0 Å². The van der Waals surface area contributed by atoms with Gasteiger partial charge in [0, 0.05) is 0 Å². The predicted molar refractivity (Wildman–Crippen MR) is 75.2 cm³/mol. The molecule has 0 heterocycles. The van der Waals surface area contributed by atoms with Crippen LogP contribution in [-0.4, -0.2) is 34.3 Å². The summed E-state index contributed by atoms with van der Waals surface area (Å²) in [5, 5.41) is 0.192. The van der Waals surface area contributed by atoms with Gasteiger partial charge in [0.1, 0.15) is 6.61 Å². The lowest BCUT2D eigenvalue weighted by molar-refractivity contribution is 0.0815. The summed E-state index contributed by atoms with van der Waals surface area (Å²) in [5.41, 5.74) is 0. The van der Waals surface area contributed by atoms with Gasteiger partial charge in [0.15, 0.2) is 8.32 Å².